The van der Waals surface area contributed by atoms with E-state index in [0.717, 1.165) is 35.5 Å². The van der Waals surface area contributed by atoms with Crippen LogP contribution >= 0.6 is 11.6 Å². The Kier molecular flexibility index (Phi) is 3.69. The largest absolute Gasteiger partial charge is 0.480 e. The number of halogens is 1. The molecule has 0 unspecified atom stereocenters. The van der Waals surface area contributed by atoms with Crippen molar-refractivity contribution >= 4 is 17.6 Å². The van der Waals surface area contributed by atoms with Gasteiger partial charge in [-0.05, 0) is 43.5 Å². The Labute approximate surface area is 106 Å². The van der Waals surface area contributed by atoms with E-state index >= 15 is 0 Å². The van der Waals surface area contributed by atoms with E-state index in [2.05, 4.69) is 0 Å². The first-order chi connectivity index (χ1) is 8.08. The fourth-order valence-electron chi connectivity index (χ4n) is 2.26. The number of benzene rings is 1. The molecule has 2 rings (SSSR count). The molecular formula is C13H16ClNO2. The number of rotatable bonds is 3. The van der Waals surface area contributed by atoms with Gasteiger partial charge in [0.15, 0.2) is 0 Å². The summed E-state index contributed by atoms with van der Waals surface area (Å²) in [7, 11) is 0. The zero-order valence-electron chi connectivity index (χ0n) is 9.82. The standard InChI is InChI=1S/C13H16ClNO2/c1-9-4-5-10(7-11(9)14)8-15-6-2-3-12(15)13(16)17/h4-5,7,12H,2-3,6,8H2,1H3,(H,16,17)/t12-/m1/s1. The van der Waals surface area contributed by atoms with Gasteiger partial charge in [-0.2, -0.15) is 0 Å². The Bertz CT molecular complexity index is 433. The molecular weight excluding hydrogens is 238 g/mol. The molecule has 0 spiro atoms. The summed E-state index contributed by atoms with van der Waals surface area (Å²) in [5.41, 5.74) is 2.13. The fraction of sp³-hybridized carbons (Fsp3) is 0.462. The Hall–Kier alpha value is -1.06. The zero-order valence-corrected chi connectivity index (χ0v) is 10.6. The predicted molar refractivity (Wildman–Crippen MR) is 67.3 cm³/mol. The van der Waals surface area contributed by atoms with Crippen molar-refractivity contribution in [3.05, 3.63) is 34.3 Å². The first-order valence-corrected chi connectivity index (χ1v) is 6.17. The number of hydrogen-bond acceptors (Lipinski definition) is 2. The maximum absolute atomic E-state index is 11.1. The van der Waals surface area contributed by atoms with Crippen molar-refractivity contribution in [2.75, 3.05) is 6.54 Å². The molecule has 17 heavy (non-hydrogen) atoms. The summed E-state index contributed by atoms with van der Waals surface area (Å²) in [6.45, 7) is 3.47. The Morgan fingerprint density at radius 3 is 3.00 bits per heavy atom. The van der Waals surface area contributed by atoms with Crippen LogP contribution in [0.3, 0.4) is 0 Å². The molecule has 1 atom stereocenters. The van der Waals surface area contributed by atoms with E-state index in [1.54, 1.807) is 0 Å². The first kappa shape index (κ1) is 12.4. The van der Waals surface area contributed by atoms with Crippen molar-refractivity contribution in [3.63, 3.8) is 0 Å². The summed E-state index contributed by atoms with van der Waals surface area (Å²) < 4.78 is 0. The number of carboxylic acids is 1. The first-order valence-electron chi connectivity index (χ1n) is 5.80. The van der Waals surface area contributed by atoms with Crippen molar-refractivity contribution in [3.8, 4) is 0 Å². The molecule has 1 saturated heterocycles. The van der Waals surface area contributed by atoms with Gasteiger partial charge in [0.25, 0.3) is 0 Å². The van der Waals surface area contributed by atoms with Gasteiger partial charge in [-0.25, -0.2) is 0 Å². The number of aliphatic carboxylic acids is 1. The van der Waals surface area contributed by atoms with Gasteiger partial charge in [0.2, 0.25) is 0 Å². The highest BCUT2D eigenvalue weighted by Gasteiger charge is 2.30. The molecule has 4 heteroatoms. The topological polar surface area (TPSA) is 40.5 Å². The monoisotopic (exact) mass is 253 g/mol. The number of nitrogens with zero attached hydrogens (tertiary/aromatic N) is 1. The van der Waals surface area contributed by atoms with Crippen molar-refractivity contribution in [1.29, 1.82) is 0 Å². The van der Waals surface area contributed by atoms with Crippen LogP contribution in [0.2, 0.25) is 5.02 Å². The van der Waals surface area contributed by atoms with E-state index in [4.69, 9.17) is 16.7 Å². The maximum Gasteiger partial charge on any atom is 0.320 e. The molecule has 1 N–H and O–H groups in total. The van der Waals surface area contributed by atoms with E-state index in [-0.39, 0.29) is 6.04 Å². The number of carbonyl (C=O) groups is 1. The summed E-state index contributed by atoms with van der Waals surface area (Å²) in [6, 6.07) is 5.57. The van der Waals surface area contributed by atoms with Crippen LogP contribution in [0.5, 0.6) is 0 Å². The summed E-state index contributed by atoms with van der Waals surface area (Å²) in [5, 5.41) is 9.84. The van der Waals surface area contributed by atoms with Gasteiger partial charge in [-0.3, -0.25) is 9.69 Å². The van der Waals surface area contributed by atoms with Gasteiger partial charge in [0.1, 0.15) is 6.04 Å². The molecule has 1 aromatic rings. The molecule has 0 amide bonds. The molecule has 0 aromatic heterocycles. The van der Waals surface area contributed by atoms with Crippen LogP contribution < -0.4 is 0 Å². The van der Waals surface area contributed by atoms with E-state index < -0.39 is 5.97 Å². The van der Waals surface area contributed by atoms with E-state index in [9.17, 15) is 4.79 Å². The zero-order chi connectivity index (χ0) is 12.4. The van der Waals surface area contributed by atoms with Gasteiger partial charge in [-0.1, -0.05) is 23.7 Å². The normalized spacial score (nSPS) is 20.7. The van der Waals surface area contributed by atoms with Crippen molar-refractivity contribution in [1.82, 2.24) is 4.90 Å². The Morgan fingerprint density at radius 1 is 1.59 bits per heavy atom. The number of aryl methyl sites for hydroxylation is 1. The Morgan fingerprint density at radius 2 is 2.35 bits per heavy atom. The highest BCUT2D eigenvalue weighted by molar-refractivity contribution is 6.31. The summed E-state index contributed by atoms with van der Waals surface area (Å²) in [4.78, 5) is 13.1. The minimum absolute atomic E-state index is 0.338. The lowest BCUT2D eigenvalue weighted by Crippen LogP contribution is -2.35. The number of carboxylic acid groups (broad SMARTS) is 1. The van der Waals surface area contributed by atoms with Crippen LogP contribution in [0.4, 0.5) is 0 Å². The molecule has 1 aliphatic heterocycles. The summed E-state index contributed by atoms with van der Waals surface area (Å²) in [5.74, 6) is -0.722. The lowest BCUT2D eigenvalue weighted by Gasteiger charge is -2.21. The van der Waals surface area contributed by atoms with Crippen molar-refractivity contribution < 1.29 is 9.90 Å². The highest BCUT2D eigenvalue weighted by Crippen LogP contribution is 2.22. The molecule has 1 fully saturated rings. The lowest BCUT2D eigenvalue weighted by molar-refractivity contribution is -0.142. The Balaban J connectivity index is 2.09. The van der Waals surface area contributed by atoms with Crippen LogP contribution in [0, 0.1) is 6.92 Å². The fourth-order valence-corrected chi connectivity index (χ4v) is 2.47. The summed E-state index contributed by atoms with van der Waals surface area (Å²) >= 11 is 6.06. The third-order valence-corrected chi connectivity index (χ3v) is 3.68. The van der Waals surface area contributed by atoms with Crippen LogP contribution in [0.25, 0.3) is 0 Å². The molecule has 0 radical (unpaired) electrons. The molecule has 0 bridgehead atoms. The van der Waals surface area contributed by atoms with Crippen molar-refractivity contribution in [2.45, 2.75) is 32.4 Å². The molecule has 92 valence electrons. The second-order valence-electron chi connectivity index (χ2n) is 4.55. The van der Waals surface area contributed by atoms with Gasteiger partial charge >= 0.3 is 5.97 Å². The highest BCUT2D eigenvalue weighted by atomic mass is 35.5. The van der Waals surface area contributed by atoms with Gasteiger partial charge < -0.3 is 5.11 Å². The average molecular weight is 254 g/mol. The number of likely N-dealkylation sites (tertiary alicyclic amines) is 1. The molecule has 1 aromatic carbocycles. The average Bonchev–Trinajstić information content (AvgIpc) is 2.72. The summed E-state index contributed by atoms with van der Waals surface area (Å²) in [6.07, 6.45) is 1.70. The third-order valence-electron chi connectivity index (χ3n) is 3.27. The molecule has 1 heterocycles. The third kappa shape index (κ3) is 2.79. The minimum atomic E-state index is -0.722. The number of hydrogen-bond donors (Lipinski definition) is 1. The maximum atomic E-state index is 11.1. The molecule has 3 nitrogen and oxygen atoms in total. The van der Waals surface area contributed by atoms with Crippen LogP contribution in [0.1, 0.15) is 24.0 Å². The smallest absolute Gasteiger partial charge is 0.320 e. The molecule has 0 saturated carbocycles. The van der Waals surface area contributed by atoms with Gasteiger partial charge in [0, 0.05) is 11.6 Å². The quantitative estimate of drug-likeness (QED) is 0.901. The van der Waals surface area contributed by atoms with Crippen LogP contribution in [-0.2, 0) is 11.3 Å². The van der Waals surface area contributed by atoms with E-state index in [0.29, 0.717) is 6.54 Å². The van der Waals surface area contributed by atoms with Crippen LogP contribution in [-0.4, -0.2) is 28.6 Å². The predicted octanol–water partition coefficient (Wildman–Crippen LogP) is 2.70. The van der Waals surface area contributed by atoms with E-state index in [1.165, 1.54) is 0 Å². The van der Waals surface area contributed by atoms with Crippen molar-refractivity contribution in [2.24, 2.45) is 0 Å². The second kappa shape index (κ2) is 5.07. The minimum Gasteiger partial charge on any atom is -0.480 e. The second-order valence-corrected chi connectivity index (χ2v) is 4.96. The SMILES string of the molecule is Cc1ccc(CN2CCC[C@@H]2C(=O)O)cc1Cl. The van der Waals surface area contributed by atoms with Gasteiger partial charge in [-0.15, -0.1) is 0 Å². The van der Waals surface area contributed by atoms with E-state index in [1.807, 2.05) is 30.0 Å². The lowest BCUT2D eigenvalue weighted by atomic mass is 10.1. The molecule has 1 aliphatic rings. The van der Waals surface area contributed by atoms with Gasteiger partial charge in [0.05, 0.1) is 0 Å². The molecule has 0 aliphatic carbocycles. The van der Waals surface area contributed by atoms with Crippen LogP contribution in [0.15, 0.2) is 18.2 Å².